The van der Waals surface area contributed by atoms with Gasteiger partial charge in [0.1, 0.15) is 12.4 Å². The number of hydrogen-bond donors (Lipinski definition) is 0. The quantitative estimate of drug-likeness (QED) is 0.303. The molecule has 0 spiro atoms. The predicted molar refractivity (Wildman–Crippen MR) is 63.3 cm³/mol. The van der Waals surface area contributed by atoms with E-state index in [1.54, 1.807) is 0 Å². The van der Waals surface area contributed by atoms with Crippen molar-refractivity contribution >= 4 is 7.81 Å². The first-order valence-corrected chi connectivity index (χ1v) is 7.88. The van der Waals surface area contributed by atoms with Crippen molar-refractivity contribution in [3.8, 4) is 0 Å². The molecular weight excluding hydrogens is 293 g/mol. The van der Waals surface area contributed by atoms with Gasteiger partial charge in [0, 0.05) is 0 Å². The number of hydrogen-bond acceptors (Lipinski definition) is 0. The fourth-order valence-electron chi connectivity index (χ4n) is 1.36. The number of aromatic nitrogens is 2. The molecular formula is C10H19F6N2P. The fourth-order valence-corrected chi connectivity index (χ4v) is 1.36. The summed E-state index contributed by atoms with van der Waals surface area (Å²) in [7, 11) is -8.60. The first-order chi connectivity index (χ1) is 8.28. The van der Waals surface area contributed by atoms with Gasteiger partial charge in [0.05, 0.1) is 13.6 Å². The Balaban J connectivity index is 0.000000399. The van der Waals surface area contributed by atoms with Crippen LogP contribution in [-0.4, -0.2) is 4.57 Å². The second kappa shape index (κ2) is 5.69. The third-order valence-corrected chi connectivity index (χ3v) is 2.09. The molecule has 0 saturated carbocycles. The van der Waals surface area contributed by atoms with Crippen LogP contribution in [0.15, 0.2) is 18.7 Å². The fraction of sp³-hybridized carbons (Fsp3) is 0.700. The summed E-state index contributed by atoms with van der Waals surface area (Å²) in [5.41, 5.74) is 0. The Hall–Kier alpha value is -0.780. The van der Waals surface area contributed by atoms with Gasteiger partial charge in [-0.05, 0) is 12.8 Å². The van der Waals surface area contributed by atoms with Crippen LogP contribution in [0, 0.1) is 0 Å². The molecule has 1 aromatic rings. The first-order valence-electron chi connectivity index (χ1n) is 5.85. The second-order valence-corrected chi connectivity index (χ2v) is 6.25. The van der Waals surface area contributed by atoms with E-state index < -0.39 is 7.81 Å². The van der Waals surface area contributed by atoms with Crippen LogP contribution in [0.1, 0.15) is 32.6 Å². The number of halogens is 6. The van der Waals surface area contributed by atoms with Crippen molar-refractivity contribution in [1.82, 2.24) is 4.57 Å². The molecule has 0 N–H and O–H groups in total. The van der Waals surface area contributed by atoms with Crippen molar-refractivity contribution in [3.63, 3.8) is 0 Å². The van der Waals surface area contributed by atoms with Crippen LogP contribution in [0.5, 0.6) is 0 Å². The van der Waals surface area contributed by atoms with Gasteiger partial charge in [-0.3, -0.25) is 0 Å². The van der Waals surface area contributed by atoms with E-state index >= 15 is 0 Å². The Labute approximate surface area is 108 Å². The minimum absolute atomic E-state index is 1.17. The first kappa shape index (κ1) is 18.2. The Morgan fingerprint density at radius 2 is 1.53 bits per heavy atom. The van der Waals surface area contributed by atoms with E-state index in [4.69, 9.17) is 0 Å². The van der Waals surface area contributed by atoms with Crippen LogP contribution in [0.4, 0.5) is 25.2 Å². The summed E-state index contributed by atoms with van der Waals surface area (Å²) >= 11 is 0. The molecule has 0 amide bonds. The Morgan fingerprint density at radius 1 is 1.00 bits per heavy atom. The van der Waals surface area contributed by atoms with Crippen molar-refractivity contribution in [2.24, 2.45) is 7.05 Å². The van der Waals surface area contributed by atoms with Crippen LogP contribution < -0.4 is 4.57 Å². The summed E-state index contributed by atoms with van der Waals surface area (Å²) in [6.45, 7) is 3.41. The third-order valence-electron chi connectivity index (χ3n) is 2.09. The van der Waals surface area contributed by atoms with Crippen molar-refractivity contribution < 1.29 is 29.7 Å². The van der Waals surface area contributed by atoms with E-state index in [2.05, 4.69) is 41.8 Å². The molecule has 0 bridgehead atoms. The molecule has 0 saturated heterocycles. The molecule has 0 fully saturated rings. The van der Waals surface area contributed by atoms with Crippen LogP contribution in [0.3, 0.4) is 0 Å². The zero-order valence-electron chi connectivity index (χ0n) is 10.9. The molecule has 0 aliphatic rings. The van der Waals surface area contributed by atoms with Gasteiger partial charge in [0.15, 0.2) is 0 Å². The van der Waals surface area contributed by atoms with Crippen molar-refractivity contribution in [2.75, 3.05) is 0 Å². The number of unbranched alkanes of at least 4 members (excludes halogenated alkanes) is 3. The summed E-state index contributed by atoms with van der Waals surface area (Å²) in [5, 5.41) is 0. The molecule has 0 aliphatic carbocycles. The standard InChI is InChI=1S/C10H19N2.F6P/c1-3-4-5-6-7-12-9-8-11(2)10-12;1-7(2,3,4,5)6/h8-10H,3-7H2,1-2H3;/q+1;-1. The van der Waals surface area contributed by atoms with E-state index in [0.717, 1.165) is 0 Å². The molecule has 1 rings (SSSR count). The summed E-state index contributed by atoms with van der Waals surface area (Å²) in [6.07, 6.45) is 11.7. The number of aryl methyl sites for hydroxylation is 2. The molecule has 1 heterocycles. The predicted octanol–water partition coefficient (Wildman–Crippen LogP) is 5.28. The van der Waals surface area contributed by atoms with Crippen molar-refractivity contribution in [1.29, 1.82) is 0 Å². The topological polar surface area (TPSA) is 8.81 Å². The second-order valence-electron chi connectivity index (χ2n) is 4.34. The van der Waals surface area contributed by atoms with Crippen molar-refractivity contribution in [3.05, 3.63) is 18.7 Å². The maximum atomic E-state index is 9.87. The van der Waals surface area contributed by atoms with E-state index in [9.17, 15) is 25.2 Å². The van der Waals surface area contributed by atoms with Crippen molar-refractivity contribution in [2.45, 2.75) is 39.2 Å². The summed E-state index contributed by atoms with van der Waals surface area (Å²) in [6, 6.07) is 0. The van der Waals surface area contributed by atoms with E-state index in [1.165, 1.54) is 32.2 Å². The molecule has 19 heavy (non-hydrogen) atoms. The van der Waals surface area contributed by atoms with Crippen LogP contribution >= 0.6 is 7.81 Å². The van der Waals surface area contributed by atoms with Gasteiger partial charge in [-0.2, -0.15) is 0 Å². The van der Waals surface area contributed by atoms with Crippen LogP contribution in [0.25, 0.3) is 0 Å². The van der Waals surface area contributed by atoms with Crippen LogP contribution in [0.2, 0.25) is 0 Å². The summed E-state index contributed by atoms with van der Waals surface area (Å²) in [5.74, 6) is 0. The number of rotatable bonds is 5. The summed E-state index contributed by atoms with van der Waals surface area (Å²) in [4.78, 5) is 0. The van der Waals surface area contributed by atoms with Gasteiger partial charge in [0.2, 0.25) is 6.33 Å². The van der Waals surface area contributed by atoms with Gasteiger partial charge in [-0.25, -0.2) is 9.13 Å². The van der Waals surface area contributed by atoms with E-state index in [0.29, 0.717) is 0 Å². The SMILES string of the molecule is CCCCCCn1cc[n+](C)c1.F[P-](F)(F)(F)(F)F. The molecule has 2 nitrogen and oxygen atoms in total. The molecule has 0 aliphatic heterocycles. The summed E-state index contributed by atoms with van der Waals surface area (Å²) < 4.78 is 63.5. The molecule has 9 heteroatoms. The maximum absolute atomic E-state index is 10.7. The van der Waals surface area contributed by atoms with Gasteiger partial charge < -0.3 is 0 Å². The monoisotopic (exact) mass is 312 g/mol. The van der Waals surface area contributed by atoms with Gasteiger partial charge in [-0.15, -0.1) is 0 Å². The van der Waals surface area contributed by atoms with E-state index in [1.807, 2.05) is 0 Å². The molecule has 0 radical (unpaired) electrons. The molecule has 0 atom stereocenters. The Bertz CT molecular complexity index is 371. The Kier molecular flexibility index (Phi) is 5.46. The normalized spacial score (nSPS) is 15.2. The van der Waals surface area contributed by atoms with E-state index in [-0.39, 0.29) is 0 Å². The molecule has 0 aromatic carbocycles. The molecule has 1 aromatic heterocycles. The van der Waals surface area contributed by atoms with Gasteiger partial charge in [-0.1, -0.05) is 19.8 Å². The average molecular weight is 312 g/mol. The zero-order valence-corrected chi connectivity index (χ0v) is 11.8. The number of nitrogens with zero attached hydrogens (tertiary/aromatic N) is 2. The Morgan fingerprint density at radius 3 is 1.89 bits per heavy atom. The number of imidazole rings is 1. The minimum atomic E-state index is -10.7. The van der Waals surface area contributed by atoms with Gasteiger partial charge >= 0.3 is 33.0 Å². The van der Waals surface area contributed by atoms with Crippen LogP contribution in [-0.2, 0) is 13.6 Å². The zero-order chi connectivity index (χ0) is 15.2. The molecule has 0 unspecified atom stereocenters. The average Bonchev–Trinajstić information content (AvgIpc) is 2.54. The molecule has 116 valence electrons. The van der Waals surface area contributed by atoms with Gasteiger partial charge in [0.25, 0.3) is 0 Å². The third kappa shape index (κ3) is 19.7.